The molecule has 4 rings (SSSR count). The van der Waals surface area contributed by atoms with Gasteiger partial charge in [-0.3, -0.25) is 4.79 Å². The van der Waals surface area contributed by atoms with Crippen LogP contribution in [0.15, 0.2) is 42.9 Å². The summed E-state index contributed by atoms with van der Waals surface area (Å²) < 4.78 is 59.9. The number of fused-ring (bicyclic) bond motifs is 1. The van der Waals surface area contributed by atoms with Crippen LogP contribution in [-0.4, -0.2) is 28.3 Å². The zero-order valence-electron chi connectivity index (χ0n) is 14.5. The van der Waals surface area contributed by atoms with Crippen LogP contribution in [0.25, 0.3) is 5.65 Å². The number of aromatic nitrogens is 2. The summed E-state index contributed by atoms with van der Waals surface area (Å²) in [6.07, 6.45) is 1.93. The smallest absolute Gasteiger partial charge is 0.241 e. The van der Waals surface area contributed by atoms with Crippen molar-refractivity contribution in [2.24, 2.45) is 0 Å². The first-order valence-electron chi connectivity index (χ1n) is 8.59. The second kappa shape index (κ2) is 7.14. The number of rotatable bonds is 6. The summed E-state index contributed by atoms with van der Waals surface area (Å²) in [5, 5.41) is 0. The minimum absolute atomic E-state index is 0.00141. The lowest BCUT2D eigenvalue weighted by Gasteiger charge is -2.40. The van der Waals surface area contributed by atoms with E-state index in [1.54, 1.807) is 35.1 Å². The van der Waals surface area contributed by atoms with Gasteiger partial charge in [0.15, 0.2) is 11.6 Å². The number of ether oxygens (including phenoxy) is 1. The van der Waals surface area contributed by atoms with Crippen LogP contribution in [0.3, 0.4) is 0 Å². The number of benzene rings is 1. The van der Waals surface area contributed by atoms with Crippen molar-refractivity contribution in [1.82, 2.24) is 9.38 Å². The molecule has 1 atom stereocenters. The zero-order valence-corrected chi connectivity index (χ0v) is 14.5. The molecule has 3 aromatic rings. The maximum absolute atomic E-state index is 14.6. The fraction of sp³-hybridized carbons (Fsp3) is 0.263. The van der Waals surface area contributed by atoms with Crippen LogP contribution in [0.1, 0.15) is 24.4 Å². The third-order valence-corrected chi connectivity index (χ3v) is 4.64. The van der Waals surface area contributed by atoms with Gasteiger partial charge in [-0.05, 0) is 12.1 Å². The molecular formula is C19H15F4N3O2. The Kier molecular flexibility index (Phi) is 4.66. The first-order valence-corrected chi connectivity index (χ1v) is 8.59. The Morgan fingerprint density at radius 2 is 2.00 bits per heavy atom. The maximum atomic E-state index is 14.6. The van der Waals surface area contributed by atoms with Gasteiger partial charge >= 0.3 is 0 Å². The van der Waals surface area contributed by atoms with Crippen LogP contribution in [0.5, 0.6) is 5.75 Å². The van der Waals surface area contributed by atoms with E-state index >= 15 is 0 Å². The number of alkyl halides is 2. The van der Waals surface area contributed by atoms with E-state index < -0.39 is 42.9 Å². The van der Waals surface area contributed by atoms with Gasteiger partial charge in [-0.1, -0.05) is 6.07 Å². The predicted molar refractivity (Wildman–Crippen MR) is 92.5 cm³/mol. The minimum Gasteiger partial charge on any atom is -0.490 e. The van der Waals surface area contributed by atoms with Gasteiger partial charge in [0.2, 0.25) is 18.1 Å². The van der Waals surface area contributed by atoms with Crippen LogP contribution in [0.4, 0.5) is 23.2 Å². The number of nitrogens with zero attached hydrogens (tertiary/aromatic N) is 3. The Morgan fingerprint density at radius 1 is 1.18 bits per heavy atom. The number of carbonyl (C=O) groups is 1. The minimum atomic E-state index is -2.59. The number of pyridine rings is 1. The van der Waals surface area contributed by atoms with E-state index in [0.29, 0.717) is 11.3 Å². The molecule has 146 valence electrons. The van der Waals surface area contributed by atoms with Gasteiger partial charge in [0.1, 0.15) is 5.65 Å². The molecule has 1 amide bonds. The summed E-state index contributed by atoms with van der Waals surface area (Å²) in [6.45, 7) is -0.425. The average Bonchev–Trinajstić information content (AvgIpc) is 3.11. The first-order chi connectivity index (χ1) is 13.5. The number of imidazole rings is 1. The molecule has 0 radical (unpaired) electrons. The molecule has 28 heavy (non-hydrogen) atoms. The Hall–Kier alpha value is -3.10. The van der Waals surface area contributed by atoms with E-state index in [-0.39, 0.29) is 17.9 Å². The molecule has 1 fully saturated rings. The van der Waals surface area contributed by atoms with Crippen molar-refractivity contribution in [1.29, 1.82) is 0 Å². The summed E-state index contributed by atoms with van der Waals surface area (Å²) >= 11 is 0. The quantitative estimate of drug-likeness (QED) is 0.468. The summed E-state index contributed by atoms with van der Waals surface area (Å²) in [5.41, 5.74) is 1.14. The molecule has 0 spiro atoms. The Balaban J connectivity index is 1.59. The molecule has 0 bridgehead atoms. The van der Waals surface area contributed by atoms with Gasteiger partial charge in [0, 0.05) is 42.3 Å². The molecule has 0 N–H and O–H groups in total. The Labute approximate surface area is 157 Å². The van der Waals surface area contributed by atoms with Crippen molar-refractivity contribution in [3.05, 3.63) is 60.1 Å². The van der Waals surface area contributed by atoms with E-state index in [4.69, 9.17) is 4.74 Å². The highest BCUT2D eigenvalue weighted by Gasteiger charge is 2.40. The van der Waals surface area contributed by atoms with Crippen molar-refractivity contribution >= 4 is 17.2 Å². The highest BCUT2D eigenvalue weighted by molar-refractivity contribution is 6.01. The van der Waals surface area contributed by atoms with Gasteiger partial charge < -0.3 is 14.0 Å². The molecular weight excluding hydrogens is 378 g/mol. The summed E-state index contributed by atoms with van der Waals surface area (Å²) in [5.74, 6) is -3.07. The number of amides is 1. The van der Waals surface area contributed by atoms with E-state index in [9.17, 15) is 22.4 Å². The molecule has 1 aliphatic heterocycles. The number of β-lactam (4-membered cyclic amide) rings is 1. The fourth-order valence-electron chi connectivity index (χ4n) is 3.21. The zero-order chi connectivity index (χ0) is 19.8. The molecule has 0 saturated carbocycles. The molecule has 0 unspecified atom stereocenters. The normalized spacial score (nSPS) is 16.7. The second-order valence-electron chi connectivity index (χ2n) is 6.37. The molecule has 1 aromatic carbocycles. The van der Waals surface area contributed by atoms with Crippen molar-refractivity contribution in [2.45, 2.75) is 25.3 Å². The lowest BCUT2D eigenvalue weighted by molar-refractivity contribution is -0.124. The van der Waals surface area contributed by atoms with Crippen molar-refractivity contribution < 1.29 is 27.1 Å². The van der Waals surface area contributed by atoms with Crippen LogP contribution in [0, 0.1) is 11.6 Å². The largest absolute Gasteiger partial charge is 0.490 e. The predicted octanol–water partition coefficient (Wildman–Crippen LogP) is 4.12. The second-order valence-corrected chi connectivity index (χ2v) is 6.37. The lowest BCUT2D eigenvalue weighted by Crippen LogP contribution is -2.47. The summed E-state index contributed by atoms with van der Waals surface area (Å²) in [6, 6.07) is 5.20. The number of anilines is 1. The highest BCUT2D eigenvalue weighted by atomic mass is 19.3. The fourth-order valence-corrected chi connectivity index (χ4v) is 3.21. The average molecular weight is 393 g/mol. The van der Waals surface area contributed by atoms with E-state index in [1.807, 2.05) is 0 Å². The molecule has 5 nitrogen and oxygen atoms in total. The third-order valence-electron chi connectivity index (χ3n) is 4.64. The van der Waals surface area contributed by atoms with Gasteiger partial charge in [-0.15, -0.1) is 0 Å². The maximum Gasteiger partial charge on any atom is 0.241 e. The van der Waals surface area contributed by atoms with Gasteiger partial charge in [-0.2, -0.15) is 4.39 Å². The molecule has 1 saturated heterocycles. The molecule has 3 heterocycles. The lowest BCUT2D eigenvalue weighted by atomic mass is 9.92. The van der Waals surface area contributed by atoms with Crippen molar-refractivity contribution in [2.75, 3.05) is 11.5 Å². The summed E-state index contributed by atoms with van der Waals surface area (Å²) in [4.78, 5) is 17.7. The monoisotopic (exact) mass is 393 g/mol. The van der Waals surface area contributed by atoms with Gasteiger partial charge in [0.25, 0.3) is 0 Å². The number of hydrogen-bond donors (Lipinski definition) is 0. The number of halogens is 4. The Bertz CT molecular complexity index is 1040. The third kappa shape index (κ3) is 3.17. The van der Waals surface area contributed by atoms with Crippen LogP contribution < -0.4 is 9.64 Å². The standard InChI is InChI=1S/C19H15F4N3O2/c20-15(21)4-8-28-14-2-1-12(18(22)19(14)23)13-10-17(27)26(13)11-3-6-25-7-5-24-16(25)9-11/h1-3,5-7,9,13,15H,4,8,10H2/t13-/m0/s1. The highest BCUT2D eigenvalue weighted by Crippen LogP contribution is 2.41. The molecule has 9 heteroatoms. The van der Waals surface area contributed by atoms with Crippen LogP contribution in [-0.2, 0) is 4.79 Å². The van der Waals surface area contributed by atoms with E-state index in [0.717, 1.165) is 0 Å². The number of carbonyl (C=O) groups excluding carboxylic acids is 1. The Morgan fingerprint density at radius 3 is 2.75 bits per heavy atom. The SMILES string of the molecule is O=C1C[C@@H](c2ccc(OCCC(F)F)c(F)c2F)N1c1ccn2ccnc2c1. The van der Waals surface area contributed by atoms with Gasteiger partial charge in [-0.25, -0.2) is 18.2 Å². The van der Waals surface area contributed by atoms with Crippen LogP contribution in [0.2, 0.25) is 0 Å². The first kappa shape index (κ1) is 18.3. The number of hydrogen-bond acceptors (Lipinski definition) is 3. The topological polar surface area (TPSA) is 46.8 Å². The van der Waals surface area contributed by atoms with Crippen LogP contribution >= 0.6 is 0 Å². The molecule has 0 aliphatic carbocycles. The van der Waals surface area contributed by atoms with Gasteiger partial charge in [0.05, 0.1) is 19.1 Å². The molecule has 1 aliphatic rings. The molecule has 2 aromatic heterocycles. The van der Waals surface area contributed by atoms with Crippen molar-refractivity contribution in [3.63, 3.8) is 0 Å². The summed E-state index contributed by atoms with van der Waals surface area (Å²) in [7, 11) is 0. The van der Waals surface area contributed by atoms with E-state index in [2.05, 4.69) is 4.98 Å². The van der Waals surface area contributed by atoms with Crippen molar-refractivity contribution in [3.8, 4) is 5.75 Å². The van der Waals surface area contributed by atoms with E-state index in [1.165, 1.54) is 17.0 Å².